The molecule has 0 amide bonds. The third-order valence-corrected chi connectivity index (χ3v) is 5.86. The molecule has 218 valence electrons. The Balaban J connectivity index is 0.000000694. The Bertz CT molecular complexity index is 798. The van der Waals surface area contributed by atoms with Crippen LogP contribution < -0.4 is 4.74 Å². The SMILES string of the molecule is C/C=C\CCCC(=O)OCC(C)(CO)CO.CO.FC(F)(F)c1cccc(OCC/C=C/C2CCCC2)c1. The Morgan fingerprint density at radius 1 is 1.08 bits per heavy atom. The summed E-state index contributed by atoms with van der Waals surface area (Å²) in [5.74, 6) is 0.676. The first-order valence-corrected chi connectivity index (χ1v) is 13.0. The first-order chi connectivity index (χ1) is 18.1. The maximum Gasteiger partial charge on any atom is 0.416 e. The van der Waals surface area contributed by atoms with Crippen LogP contribution in [0.1, 0.15) is 70.8 Å². The van der Waals surface area contributed by atoms with Crippen molar-refractivity contribution in [2.75, 3.05) is 33.5 Å². The van der Waals surface area contributed by atoms with Crippen LogP contribution in [0.25, 0.3) is 0 Å². The molecule has 3 N–H and O–H groups in total. The standard InChI is InChI=1S/C16H19F3O.C12H22O4.CH4O/c17-16(18,19)14-9-5-10-15(12-14)20-11-4-3-8-13-6-1-2-7-13;1-3-4-5-6-7-11(15)16-10-12(2,8-13)9-14;1-2/h3,5,8-10,12-13H,1-2,4,6-7,11H2;3-4,13-14H,5-10H2,1-2H3;2H,1H3/b8-3+;4-3-;. The van der Waals surface area contributed by atoms with E-state index in [0.29, 0.717) is 18.9 Å². The van der Waals surface area contributed by atoms with Crippen molar-refractivity contribution in [3.05, 3.63) is 54.1 Å². The van der Waals surface area contributed by atoms with Gasteiger partial charge in [0.15, 0.2) is 0 Å². The minimum absolute atomic E-state index is 0.0580. The molecule has 6 nitrogen and oxygen atoms in total. The van der Waals surface area contributed by atoms with Gasteiger partial charge in [0.25, 0.3) is 0 Å². The van der Waals surface area contributed by atoms with Gasteiger partial charge in [0.05, 0.1) is 25.4 Å². The van der Waals surface area contributed by atoms with Crippen LogP contribution in [0.2, 0.25) is 0 Å². The van der Waals surface area contributed by atoms with Crippen LogP contribution in [-0.2, 0) is 15.7 Å². The molecule has 0 unspecified atom stereocenters. The monoisotopic (exact) mass is 546 g/mol. The van der Waals surface area contributed by atoms with E-state index >= 15 is 0 Å². The summed E-state index contributed by atoms with van der Waals surface area (Å²) < 4.78 is 47.9. The molecular formula is C29H45F3O6. The Hall–Kier alpha value is -2.36. The van der Waals surface area contributed by atoms with Crippen LogP contribution in [0.5, 0.6) is 5.75 Å². The first kappa shape index (κ1) is 35.6. The highest BCUT2D eigenvalue weighted by atomic mass is 19.4. The molecule has 1 aliphatic rings. The van der Waals surface area contributed by atoms with Crippen molar-refractivity contribution < 1.29 is 42.8 Å². The summed E-state index contributed by atoms with van der Waals surface area (Å²) >= 11 is 0. The molecule has 9 heteroatoms. The number of benzene rings is 1. The maximum absolute atomic E-state index is 12.5. The lowest BCUT2D eigenvalue weighted by atomic mass is 9.94. The van der Waals surface area contributed by atoms with Crippen molar-refractivity contribution in [2.24, 2.45) is 11.3 Å². The van der Waals surface area contributed by atoms with Gasteiger partial charge in [-0.15, -0.1) is 0 Å². The molecule has 2 rings (SSSR count). The number of carbonyl (C=O) groups excluding carboxylic acids is 1. The maximum atomic E-state index is 12.5. The lowest BCUT2D eigenvalue weighted by Gasteiger charge is -2.23. The average molecular weight is 547 g/mol. The van der Waals surface area contributed by atoms with E-state index in [-0.39, 0.29) is 31.5 Å². The molecule has 0 heterocycles. The molecule has 0 spiro atoms. The number of aliphatic hydroxyl groups excluding tert-OH is 3. The molecule has 38 heavy (non-hydrogen) atoms. The van der Waals surface area contributed by atoms with Crippen LogP contribution in [0.15, 0.2) is 48.6 Å². The number of allylic oxidation sites excluding steroid dienone is 3. The van der Waals surface area contributed by atoms with Crippen molar-refractivity contribution in [2.45, 2.75) is 71.4 Å². The largest absolute Gasteiger partial charge is 0.493 e. The van der Waals surface area contributed by atoms with Gasteiger partial charge in [0, 0.05) is 18.9 Å². The van der Waals surface area contributed by atoms with Gasteiger partial charge in [-0.05, 0) is 63.1 Å². The van der Waals surface area contributed by atoms with E-state index in [9.17, 15) is 18.0 Å². The fourth-order valence-corrected chi connectivity index (χ4v) is 3.44. The normalized spacial score (nSPS) is 14.1. The number of alkyl halides is 3. The number of rotatable bonds is 13. The highest BCUT2D eigenvalue weighted by Gasteiger charge is 2.30. The molecular weight excluding hydrogens is 501 g/mol. The molecule has 0 radical (unpaired) electrons. The fourth-order valence-electron chi connectivity index (χ4n) is 3.44. The minimum Gasteiger partial charge on any atom is -0.493 e. The van der Waals surface area contributed by atoms with E-state index in [2.05, 4.69) is 12.2 Å². The Morgan fingerprint density at radius 2 is 1.74 bits per heavy atom. The van der Waals surface area contributed by atoms with Gasteiger partial charge in [0.2, 0.25) is 0 Å². The number of halogens is 3. The van der Waals surface area contributed by atoms with Crippen LogP contribution in [0.4, 0.5) is 13.2 Å². The Morgan fingerprint density at radius 3 is 2.32 bits per heavy atom. The van der Waals surface area contributed by atoms with Gasteiger partial charge in [-0.2, -0.15) is 13.2 Å². The van der Waals surface area contributed by atoms with Gasteiger partial charge in [-0.1, -0.05) is 50.1 Å². The number of carbonyl (C=O) groups is 1. The van der Waals surface area contributed by atoms with Gasteiger partial charge in [0.1, 0.15) is 12.4 Å². The molecule has 0 atom stereocenters. The van der Waals surface area contributed by atoms with Crippen LogP contribution in [-0.4, -0.2) is 54.8 Å². The summed E-state index contributed by atoms with van der Waals surface area (Å²) in [6.07, 6.45) is 11.7. The molecule has 0 saturated heterocycles. The molecule has 1 aromatic rings. The predicted molar refractivity (Wildman–Crippen MR) is 143 cm³/mol. The molecule has 1 saturated carbocycles. The van der Waals surface area contributed by atoms with Crippen molar-refractivity contribution in [3.63, 3.8) is 0 Å². The average Bonchev–Trinajstić information content (AvgIpc) is 3.44. The molecule has 0 aliphatic heterocycles. The summed E-state index contributed by atoms with van der Waals surface area (Å²) in [6, 6.07) is 5.01. The van der Waals surface area contributed by atoms with E-state index in [1.807, 2.05) is 19.1 Å². The smallest absolute Gasteiger partial charge is 0.416 e. The molecule has 1 fully saturated rings. The van der Waals surface area contributed by atoms with E-state index in [1.165, 1.54) is 31.7 Å². The zero-order valence-corrected chi connectivity index (χ0v) is 22.9. The summed E-state index contributed by atoms with van der Waals surface area (Å²) in [7, 11) is 1.00. The summed E-state index contributed by atoms with van der Waals surface area (Å²) in [5, 5.41) is 25.0. The van der Waals surface area contributed by atoms with Crippen molar-refractivity contribution in [3.8, 4) is 5.75 Å². The second-order valence-corrected chi connectivity index (χ2v) is 9.38. The van der Waals surface area contributed by atoms with E-state index in [4.69, 9.17) is 24.8 Å². The van der Waals surface area contributed by atoms with Crippen LogP contribution in [0.3, 0.4) is 0 Å². The van der Waals surface area contributed by atoms with Gasteiger partial charge >= 0.3 is 12.1 Å². The van der Waals surface area contributed by atoms with Gasteiger partial charge in [-0.3, -0.25) is 4.79 Å². The number of hydrogen-bond acceptors (Lipinski definition) is 6. The number of hydrogen-bond donors (Lipinski definition) is 3. The van der Waals surface area contributed by atoms with Crippen molar-refractivity contribution >= 4 is 5.97 Å². The van der Waals surface area contributed by atoms with E-state index in [0.717, 1.165) is 38.5 Å². The summed E-state index contributed by atoms with van der Waals surface area (Å²) in [6.45, 7) is 3.67. The molecule has 1 aromatic carbocycles. The summed E-state index contributed by atoms with van der Waals surface area (Å²) in [5.41, 5.74) is -1.41. The van der Waals surface area contributed by atoms with Crippen molar-refractivity contribution in [1.82, 2.24) is 0 Å². The van der Waals surface area contributed by atoms with E-state index < -0.39 is 17.2 Å². The minimum atomic E-state index is -4.32. The van der Waals surface area contributed by atoms with Gasteiger partial charge < -0.3 is 24.8 Å². The highest BCUT2D eigenvalue weighted by molar-refractivity contribution is 5.69. The number of unbranched alkanes of at least 4 members (excludes halogenated alkanes) is 1. The van der Waals surface area contributed by atoms with Crippen LogP contribution >= 0.6 is 0 Å². The number of aliphatic hydroxyl groups is 3. The highest BCUT2D eigenvalue weighted by Crippen LogP contribution is 2.31. The Labute approximate surface area is 225 Å². The molecule has 0 bridgehead atoms. The second kappa shape index (κ2) is 20.6. The zero-order valence-electron chi connectivity index (χ0n) is 22.9. The predicted octanol–water partition coefficient (Wildman–Crippen LogP) is 6.10. The third kappa shape index (κ3) is 16.5. The topological polar surface area (TPSA) is 96.2 Å². The zero-order chi connectivity index (χ0) is 28.9. The lowest BCUT2D eigenvalue weighted by molar-refractivity contribution is -0.149. The fraction of sp³-hybridized carbons (Fsp3) is 0.621. The van der Waals surface area contributed by atoms with Crippen molar-refractivity contribution in [1.29, 1.82) is 0 Å². The van der Waals surface area contributed by atoms with E-state index in [1.54, 1.807) is 13.0 Å². The van der Waals surface area contributed by atoms with Crippen LogP contribution in [0, 0.1) is 11.3 Å². The second-order valence-electron chi connectivity index (χ2n) is 9.38. The van der Waals surface area contributed by atoms with Gasteiger partial charge in [-0.25, -0.2) is 0 Å². The molecule has 0 aromatic heterocycles. The molecule has 1 aliphatic carbocycles. The first-order valence-electron chi connectivity index (χ1n) is 13.0. The number of ether oxygens (including phenoxy) is 2. The quantitative estimate of drug-likeness (QED) is 0.157. The number of esters is 1. The lowest BCUT2D eigenvalue weighted by Crippen LogP contribution is -2.32. The third-order valence-electron chi connectivity index (χ3n) is 5.86. The summed E-state index contributed by atoms with van der Waals surface area (Å²) in [4.78, 5) is 11.3. The Kier molecular flexibility index (Phi) is 19.3.